The second-order valence-corrected chi connectivity index (χ2v) is 18.3. The van der Waals surface area contributed by atoms with E-state index in [1.165, 1.54) is 26.4 Å². The van der Waals surface area contributed by atoms with Crippen LogP contribution in [0.15, 0.2) is 29.9 Å². The molecule has 0 amide bonds. The Kier molecular flexibility index (Phi) is 10.1. The molecule has 1 aromatic rings. The number of methoxy groups -OCH3 is 1. The quantitative estimate of drug-likeness (QED) is 0.109. The van der Waals surface area contributed by atoms with E-state index in [0.717, 1.165) is 29.1 Å². The molecule has 0 radical (unpaired) electrons. The number of aromatic amines is 1. The van der Waals surface area contributed by atoms with Gasteiger partial charge in [0, 0.05) is 53.7 Å². The Morgan fingerprint density at radius 3 is 2.66 bits per heavy atom. The van der Waals surface area contributed by atoms with Gasteiger partial charge in [-0.2, -0.15) is 0 Å². The number of carbonyl (C=O) groups excluding carboxylic acids is 1. The normalized spacial score (nSPS) is 41.9. The minimum absolute atomic E-state index is 0.101. The molecule has 1 spiro atoms. The van der Waals surface area contributed by atoms with Gasteiger partial charge in [-0.05, 0) is 74.3 Å². The molecular formula is C45H57NO12. The summed E-state index contributed by atoms with van der Waals surface area (Å²) in [6.07, 6.45) is 8.25. The molecule has 1 aromatic heterocycles. The highest BCUT2D eigenvalue weighted by Gasteiger charge is 2.85. The SMILES string of the molecule is COC(=O)C1=CC2CCC=CC(C1CC(=O)O)C2OC12OC3(CO)C(C#CCC(CO)CC4=c5[nH]c(C(C)C6CCCCC6)cc5=C5CCC1(O)C(O)C53O4)CC2O. The fourth-order valence-electron chi connectivity index (χ4n) is 12.4. The lowest BCUT2D eigenvalue weighted by molar-refractivity contribution is -0.493. The Bertz CT molecular complexity index is 2090. The summed E-state index contributed by atoms with van der Waals surface area (Å²) in [6.45, 7) is 1.36. The van der Waals surface area contributed by atoms with Crippen LogP contribution in [-0.2, 0) is 28.5 Å². The van der Waals surface area contributed by atoms with Gasteiger partial charge in [0.15, 0.2) is 16.8 Å². The van der Waals surface area contributed by atoms with E-state index >= 15 is 0 Å². The number of aliphatic carboxylic acids is 1. The number of H-pyrrole nitrogens is 1. The van der Waals surface area contributed by atoms with Crippen molar-refractivity contribution < 1.29 is 59.2 Å². The third-order valence-corrected chi connectivity index (χ3v) is 15.5. The summed E-state index contributed by atoms with van der Waals surface area (Å²) >= 11 is 0. The zero-order chi connectivity index (χ0) is 40.8. The first kappa shape index (κ1) is 40.0. The van der Waals surface area contributed by atoms with Crippen LogP contribution in [0.4, 0.5) is 0 Å². The van der Waals surface area contributed by atoms with E-state index in [9.17, 15) is 40.2 Å². The molecule has 0 aromatic carbocycles. The highest BCUT2D eigenvalue weighted by molar-refractivity contribution is 5.90. The van der Waals surface area contributed by atoms with Gasteiger partial charge in [-0.1, -0.05) is 50.3 Å². The van der Waals surface area contributed by atoms with E-state index < -0.39 is 89.5 Å². The maximum Gasteiger partial charge on any atom is 0.333 e. The van der Waals surface area contributed by atoms with Crippen LogP contribution < -0.4 is 10.6 Å². The number of ether oxygens (including phenoxy) is 4. The molecule has 4 aliphatic heterocycles. The van der Waals surface area contributed by atoms with Gasteiger partial charge in [0.25, 0.3) is 0 Å². The van der Waals surface area contributed by atoms with E-state index in [1.54, 1.807) is 6.08 Å². The smallest absolute Gasteiger partial charge is 0.333 e. The average Bonchev–Trinajstić information content (AvgIpc) is 3.61. The number of carboxylic acids is 1. The second kappa shape index (κ2) is 14.6. The van der Waals surface area contributed by atoms with Gasteiger partial charge in [0.05, 0.1) is 37.5 Å². The number of carbonyl (C=O) groups is 2. The van der Waals surface area contributed by atoms with Crippen LogP contribution in [0.2, 0.25) is 0 Å². The Hall–Kier alpha value is -3.48. The van der Waals surface area contributed by atoms with Crippen molar-refractivity contribution in [3.8, 4) is 11.8 Å². The van der Waals surface area contributed by atoms with Crippen molar-refractivity contribution in [2.45, 2.75) is 137 Å². The third kappa shape index (κ3) is 5.55. The lowest BCUT2D eigenvalue weighted by atomic mass is 9.50. The number of allylic oxidation sites excluding steroid dienone is 1. The molecule has 9 rings (SSSR count). The molecule has 2 saturated carbocycles. The first-order valence-electron chi connectivity index (χ1n) is 21.4. The minimum atomic E-state index is -2.34. The second-order valence-electron chi connectivity index (χ2n) is 18.3. The number of hydrogen-bond acceptors (Lipinski definition) is 11. The summed E-state index contributed by atoms with van der Waals surface area (Å²) in [4.78, 5) is 29.1. The summed E-state index contributed by atoms with van der Waals surface area (Å²) in [5, 5.41) is 72.9. The van der Waals surface area contributed by atoms with Crippen LogP contribution in [0.1, 0.15) is 102 Å². The van der Waals surface area contributed by atoms with Gasteiger partial charge < -0.3 is 54.6 Å². The van der Waals surface area contributed by atoms with Crippen molar-refractivity contribution in [2.75, 3.05) is 20.3 Å². The Morgan fingerprint density at radius 1 is 1.14 bits per heavy atom. The van der Waals surface area contributed by atoms with Gasteiger partial charge in [-0.25, -0.2) is 4.79 Å². The highest BCUT2D eigenvalue weighted by atomic mass is 16.8. The maximum atomic E-state index is 13.3. The number of hydrogen-bond donors (Lipinski definition) is 7. The van der Waals surface area contributed by atoms with Crippen molar-refractivity contribution in [1.82, 2.24) is 4.98 Å². The first-order chi connectivity index (χ1) is 27.9. The summed E-state index contributed by atoms with van der Waals surface area (Å²) < 4.78 is 26.6. The molecular weight excluding hydrogens is 746 g/mol. The first-order valence-corrected chi connectivity index (χ1v) is 21.4. The molecule has 8 aliphatic rings. The minimum Gasteiger partial charge on any atom is -0.481 e. The third-order valence-electron chi connectivity index (χ3n) is 15.5. The van der Waals surface area contributed by atoms with E-state index in [2.05, 4.69) is 29.8 Å². The predicted octanol–water partition coefficient (Wildman–Crippen LogP) is 2.03. The summed E-state index contributed by atoms with van der Waals surface area (Å²) in [5.74, 6) is 0.244. The van der Waals surface area contributed by atoms with Crippen LogP contribution >= 0.6 is 0 Å². The number of aliphatic hydroxyl groups excluding tert-OH is 4. The number of fused-ring (bicyclic) bond motifs is 7. The molecule has 13 heteroatoms. The monoisotopic (exact) mass is 803 g/mol. The van der Waals surface area contributed by atoms with Gasteiger partial charge >= 0.3 is 11.9 Å². The molecule has 4 aliphatic carbocycles. The van der Waals surface area contributed by atoms with Crippen LogP contribution in [0.25, 0.3) is 11.3 Å². The Labute approximate surface area is 337 Å². The molecule has 4 fully saturated rings. The molecule has 7 N–H and O–H groups in total. The van der Waals surface area contributed by atoms with Gasteiger partial charge in [-0.15, -0.1) is 5.92 Å². The van der Waals surface area contributed by atoms with Crippen molar-refractivity contribution >= 4 is 23.3 Å². The molecule has 7 bridgehead atoms. The number of esters is 1. The lowest BCUT2D eigenvalue weighted by Gasteiger charge is -2.72. The average molecular weight is 804 g/mol. The van der Waals surface area contributed by atoms with Gasteiger partial charge in [0.2, 0.25) is 5.79 Å². The number of rotatable bonds is 9. The van der Waals surface area contributed by atoms with Crippen molar-refractivity contribution in [3.63, 3.8) is 0 Å². The maximum absolute atomic E-state index is 13.3. The molecule has 13 unspecified atom stereocenters. The Morgan fingerprint density at radius 2 is 1.93 bits per heavy atom. The molecule has 2 saturated heterocycles. The fraction of sp³-hybridized carbons (Fsp3) is 0.689. The number of carboxylic acid groups (broad SMARTS) is 1. The van der Waals surface area contributed by atoms with Crippen LogP contribution in [-0.4, -0.2) is 109 Å². The summed E-state index contributed by atoms with van der Waals surface area (Å²) in [7, 11) is 1.25. The predicted molar refractivity (Wildman–Crippen MR) is 207 cm³/mol. The molecule has 5 heterocycles. The van der Waals surface area contributed by atoms with Crippen LogP contribution in [0, 0.1) is 47.3 Å². The van der Waals surface area contributed by atoms with Crippen LogP contribution in [0.5, 0.6) is 0 Å². The number of aromatic nitrogens is 1. The molecule has 13 nitrogen and oxygen atoms in total. The summed E-state index contributed by atoms with van der Waals surface area (Å²) in [5.41, 5.74) is -4.14. The molecule has 314 valence electrons. The van der Waals surface area contributed by atoms with Crippen molar-refractivity contribution in [2.24, 2.45) is 35.5 Å². The van der Waals surface area contributed by atoms with Crippen LogP contribution in [0.3, 0.4) is 0 Å². The van der Waals surface area contributed by atoms with Gasteiger partial charge in [0.1, 0.15) is 18.0 Å². The highest BCUT2D eigenvalue weighted by Crippen LogP contribution is 2.67. The number of aliphatic hydroxyl groups is 5. The largest absolute Gasteiger partial charge is 0.481 e. The molecule has 13 atom stereocenters. The van der Waals surface area contributed by atoms with E-state index in [0.29, 0.717) is 36.5 Å². The lowest BCUT2D eigenvalue weighted by Crippen LogP contribution is -2.91. The Balaban J connectivity index is 1.23. The number of nitrogens with one attached hydrogen (secondary N) is 1. The van der Waals surface area contributed by atoms with Crippen molar-refractivity contribution in [1.29, 1.82) is 0 Å². The topological polar surface area (TPSA) is 208 Å². The zero-order valence-electron chi connectivity index (χ0n) is 33.3. The van der Waals surface area contributed by atoms with E-state index in [1.807, 2.05) is 12.2 Å². The zero-order valence-corrected chi connectivity index (χ0v) is 33.3. The summed E-state index contributed by atoms with van der Waals surface area (Å²) in [6, 6.07) is 2.14. The standard InChI is InChI=1S/C45H57NO12/c1-24(26-10-4-3-5-11-26)34-20-32-33-15-16-42(54)41(53)44(33)43(23-48)28(13-8-9-25(22-47)17-35(56-44)38(32)46-34)19-36(49)45(42,58-43)57-39-27-12-6-7-14-29(39)30(21-37(50)51)31(18-27)40(52)55-2/h7,14,18,20,24-30,36,39,41,46-49,53-54H,3-6,9-12,15-17,19,21-23H2,1-2H3,(H,50,51). The van der Waals surface area contributed by atoms with Gasteiger partial charge in [-0.3, -0.25) is 4.79 Å². The van der Waals surface area contributed by atoms with E-state index in [-0.39, 0.29) is 49.7 Å². The molecule has 58 heavy (non-hydrogen) atoms. The van der Waals surface area contributed by atoms with Crippen molar-refractivity contribution in [3.05, 3.63) is 46.1 Å². The fourth-order valence-corrected chi connectivity index (χ4v) is 12.4. The van der Waals surface area contributed by atoms with E-state index in [4.69, 9.17) is 18.9 Å².